The number of amides is 2. The third-order valence-electron chi connectivity index (χ3n) is 5.20. The lowest BCUT2D eigenvalue weighted by molar-refractivity contribution is -0.137. The summed E-state index contributed by atoms with van der Waals surface area (Å²) in [6.07, 6.45) is 3.30. The summed E-state index contributed by atoms with van der Waals surface area (Å²) < 4.78 is 5.35. The van der Waals surface area contributed by atoms with Gasteiger partial charge in [-0.1, -0.05) is 18.2 Å². The molecule has 3 rings (SSSR count). The highest BCUT2D eigenvalue weighted by molar-refractivity contribution is 5.93. The second-order valence-electron chi connectivity index (χ2n) is 6.95. The molecular formula is C19H28ClN3O3. The lowest BCUT2D eigenvalue weighted by Crippen LogP contribution is -2.52. The standard InChI is InChI=1S/C19H27N3O3.ClH/c20-17(14-8-11-25-12-9-14)19(24)22-10-4-5-15(13-22)18(23)21-16-6-2-1-3-7-16;/h1-3,6-7,14-15,17H,4-5,8-13,20H2,(H,21,23);1H. The first-order valence-electron chi connectivity index (χ1n) is 9.13. The maximum absolute atomic E-state index is 12.8. The average Bonchev–Trinajstić information content (AvgIpc) is 2.68. The molecule has 2 fully saturated rings. The largest absolute Gasteiger partial charge is 0.381 e. The van der Waals surface area contributed by atoms with Crippen molar-refractivity contribution in [3.05, 3.63) is 30.3 Å². The Kier molecular flexibility index (Phi) is 7.87. The Morgan fingerprint density at radius 3 is 2.54 bits per heavy atom. The van der Waals surface area contributed by atoms with Crippen LogP contribution < -0.4 is 11.1 Å². The number of carbonyl (C=O) groups excluding carboxylic acids is 2. The number of hydrogen-bond donors (Lipinski definition) is 2. The summed E-state index contributed by atoms with van der Waals surface area (Å²) in [6.45, 7) is 2.49. The first kappa shape index (κ1) is 20.7. The average molecular weight is 382 g/mol. The van der Waals surface area contributed by atoms with Gasteiger partial charge in [-0.3, -0.25) is 9.59 Å². The van der Waals surface area contributed by atoms with E-state index in [1.807, 2.05) is 30.3 Å². The highest BCUT2D eigenvalue weighted by Crippen LogP contribution is 2.23. The van der Waals surface area contributed by atoms with Crippen molar-refractivity contribution in [3.8, 4) is 0 Å². The van der Waals surface area contributed by atoms with E-state index in [0.29, 0.717) is 26.3 Å². The van der Waals surface area contributed by atoms with Crippen molar-refractivity contribution in [1.29, 1.82) is 0 Å². The van der Waals surface area contributed by atoms with Gasteiger partial charge in [0, 0.05) is 32.0 Å². The van der Waals surface area contributed by atoms with Gasteiger partial charge in [-0.15, -0.1) is 12.4 Å². The number of nitrogens with one attached hydrogen (secondary N) is 1. The zero-order chi connectivity index (χ0) is 17.6. The summed E-state index contributed by atoms with van der Waals surface area (Å²) in [7, 11) is 0. The van der Waals surface area contributed by atoms with Crippen molar-refractivity contribution in [3.63, 3.8) is 0 Å². The molecule has 0 radical (unpaired) electrons. The minimum atomic E-state index is -0.486. The van der Waals surface area contributed by atoms with Gasteiger partial charge in [0.25, 0.3) is 0 Å². The summed E-state index contributed by atoms with van der Waals surface area (Å²) in [5.74, 6) is -0.0491. The number of nitrogens with zero attached hydrogens (tertiary/aromatic N) is 1. The zero-order valence-electron chi connectivity index (χ0n) is 14.9. The van der Waals surface area contributed by atoms with Gasteiger partial charge in [0.1, 0.15) is 0 Å². The second-order valence-corrected chi connectivity index (χ2v) is 6.95. The van der Waals surface area contributed by atoms with Crippen LogP contribution in [0.1, 0.15) is 25.7 Å². The van der Waals surface area contributed by atoms with Crippen LogP contribution in [0, 0.1) is 11.8 Å². The van der Waals surface area contributed by atoms with E-state index in [4.69, 9.17) is 10.5 Å². The molecule has 1 aromatic rings. The highest BCUT2D eigenvalue weighted by atomic mass is 35.5. The Morgan fingerprint density at radius 2 is 1.85 bits per heavy atom. The predicted octanol–water partition coefficient (Wildman–Crippen LogP) is 2.04. The van der Waals surface area contributed by atoms with E-state index in [1.54, 1.807) is 4.90 Å². The number of rotatable bonds is 4. The summed E-state index contributed by atoms with van der Waals surface area (Å²) in [5, 5.41) is 2.94. The molecule has 7 heteroatoms. The Balaban J connectivity index is 0.00000243. The quantitative estimate of drug-likeness (QED) is 0.835. The van der Waals surface area contributed by atoms with Gasteiger partial charge < -0.3 is 20.7 Å². The zero-order valence-corrected chi connectivity index (χ0v) is 15.7. The molecule has 2 saturated heterocycles. The summed E-state index contributed by atoms with van der Waals surface area (Å²) in [6, 6.07) is 8.93. The maximum atomic E-state index is 12.8. The summed E-state index contributed by atoms with van der Waals surface area (Å²) in [5.41, 5.74) is 7.01. The van der Waals surface area contributed by atoms with E-state index in [9.17, 15) is 9.59 Å². The van der Waals surface area contributed by atoms with Crippen molar-refractivity contribution in [2.45, 2.75) is 31.7 Å². The number of para-hydroxylation sites is 1. The van der Waals surface area contributed by atoms with E-state index in [2.05, 4.69) is 5.32 Å². The summed E-state index contributed by atoms with van der Waals surface area (Å²) in [4.78, 5) is 27.0. The lowest BCUT2D eigenvalue weighted by atomic mass is 9.90. The number of nitrogens with two attached hydrogens (primary N) is 1. The molecule has 0 bridgehead atoms. The van der Waals surface area contributed by atoms with Crippen LogP contribution in [-0.2, 0) is 14.3 Å². The van der Waals surface area contributed by atoms with Crippen molar-refractivity contribution >= 4 is 29.9 Å². The molecule has 3 N–H and O–H groups in total. The van der Waals surface area contributed by atoms with Gasteiger partial charge >= 0.3 is 0 Å². The molecule has 2 aliphatic heterocycles. The van der Waals surface area contributed by atoms with E-state index >= 15 is 0 Å². The van der Waals surface area contributed by atoms with Crippen LogP contribution in [0.4, 0.5) is 5.69 Å². The van der Waals surface area contributed by atoms with E-state index in [-0.39, 0.29) is 36.1 Å². The number of carbonyl (C=O) groups is 2. The number of anilines is 1. The normalized spacial score (nSPS) is 22.2. The summed E-state index contributed by atoms with van der Waals surface area (Å²) >= 11 is 0. The minimum absolute atomic E-state index is 0. The minimum Gasteiger partial charge on any atom is -0.381 e. The monoisotopic (exact) mass is 381 g/mol. The molecule has 0 spiro atoms. The Labute approximate surface area is 160 Å². The predicted molar refractivity (Wildman–Crippen MR) is 103 cm³/mol. The molecule has 26 heavy (non-hydrogen) atoms. The molecule has 2 amide bonds. The van der Waals surface area contributed by atoms with Crippen molar-refractivity contribution in [2.24, 2.45) is 17.6 Å². The van der Waals surface area contributed by atoms with E-state index < -0.39 is 6.04 Å². The van der Waals surface area contributed by atoms with Gasteiger partial charge in [-0.25, -0.2) is 0 Å². The SMILES string of the molecule is Cl.NC(C(=O)N1CCCC(C(=O)Nc2ccccc2)C1)C1CCOCC1. The van der Waals surface area contributed by atoms with Crippen LogP contribution in [0.15, 0.2) is 30.3 Å². The number of benzene rings is 1. The highest BCUT2D eigenvalue weighted by Gasteiger charge is 2.34. The van der Waals surface area contributed by atoms with Gasteiger partial charge in [0.15, 0.2) is 0 Å². The molecule has 2 unspecified atom stereocenters. The third-order valence-corrected chi connectivity index (χ3v) is 5.20. The molecule has 2 heterocycles. The van der Waals surface area contributed by atoms with Crippen LogP contribution in [0.2, 0.25) is 0 Å². The second kappa shape index (κ2) is 9.90. The van der Waals surface area contributed by atoms with E-state index in [0.717, 1.165) is 31.4 Å². The molecule has 144 valence electrons. The fourth-order valence-electron chi connectivity index (χ4n) is 3.64. The lowest BCUT2D eigenvalue weighted by Gasteiger charge is -2.36. The number of halogens is 1. The molecule has 0 aromatic heterocycles. The third kappa shape index (κ3) is 5.19. The molecule has 0 saturated carbocycles. The van der Waals surface area contributed by atoms with Crippen molar-refractivity contribution in [2.75, 3.05) is 31.6 Å². The fourth-order valence-corrected chi connectivity index (χ4v) is 3.64. The maximum Gasteiger partial charge on any atom is 0.239 e. The van der Waals surface area contributed by atoms with E-state index in [1.165, 1.54) is 0 Å². The first-order valence-corrected chi connectivity index (χ1v) is 9.13. The van der Waals surface area contributed by atoms with Gasteiger partial charge in [-0.05, 0) is 43.7 Å². The van der Waals surface area contributed by atoms with Gasteiger partial charge in [-0.2, -0.15) is 0 Å². The Hall–Kier alpha value is -1.63. The van der Waals surface area contributed by atoms with Crippen molar-refractivity contribution in [1.82, 2.24) is 4.90 Å². The fraction of sp³-hybridized carbons (Fsp3) is 0.579. The van der Waals surface area contributed by atoms with Crippen LogP contribution in [-0.4, -0.2) is 49.1 Å². The number of piperidine rings is 1. The number of hydrogen-bond acceptors (Lipinski definition) is 4. The Bertz CT molecular complexity index is 593. The van der Waals surface area contributed by atoms with Crippen LogP contribution in [0.3, 0.4) is 0 Å². The number of likely N-dealkylation sites (tertiary alicyclic amines) is 1. The van der Waals surface area contributed by atoms with Crippen LogP contribution in [0.25, 0.3) is 0 Å². The van der Waals surface area contributed by atoms with Gasteiger partial charge in [0.05, 0.1) is 12.0 Å². The smallest absolute Gasteiger partial charge is 0.239 e. The van der Waals surface area contributed by atoms with Crippen LogP contribution in [0.5, 0.6) is 0 Å². The molecule has 1 aromatic carbocycles. The van der Waals surface area contributed by atoms with Crippen LogP contribution >= 0.6 is 12.4 Å². The van der Waals surface area contributed by atoms with Gasteiger partial charge in [0.2, 0.25) is 11.8 Å². The first-order chi connectivity index (χ1) is 12.1. The molecular weight excluding hydrogens is 354 g/mol. The molecule has 2 atom stereocenters. The topological polar surface area (TPSA) is 84.7 Å². The Morgan fingerprint density at radius 1 is 1.15 bits per heavy atom. The molecule has 0 aliphatic carbocycles. The number of ether oxygens (including phenoxy) is 1. The van der Waals surface area contributed by atoms with Crippen molar-refractivity contribution < 1.29 is 14.3 Å². The molecule has 6 nitrogen and oxygen atoms in total. The molecule has 2 aliphatic rings.